The molecule has 2 fully saturated rings. The van der Waals surface area contributed by atoms with E-state index in [2.05, 4.69) is 13.0 Å². The van der Waals surface area contributed by atoms with Crippen LogP contribution in [-0.4, -0.2) is 40.7 Å². The molecule has 4 nitrogen and oxygen atoms in total. The van der Waals surface area contributed by atoms with Crippen molar-refractivity contribution in [2.24, 2.45) is 0 Å². The Labute approximate surface area is 117 Å². The zero-order chi connectivity index (χ0) is 13.4. The van der Waals surface area contributed by atoms with Crippen molar-refractivity contribution in [3.8, 4) is 0 Å². The molecule has 3 heterocycles. The SMILES string of the molecule is CC(c1cccs1)N1CCC(=O)N2CCCC2C1=O. The van der Waals surface area contributed by atoms with Crippen LogP contribution in [0, 0.1) is 0 Å². The van der Waals surface area contributed by atoms with Crippen molar-refractivity contribution >= 4 is 23.2 Å². The summed E-state index contributed by atoms with van der Waals surface area (Å²) in [6.45, 7) is 3.35. The van der Waals surface area contributed by atoms with Gasteiger partial charge in [-0.3, -0.25) is 9.59 Å². The molecule has 102 valence electrons. The third-order valence-electron chi connectivity index (χ3n) is 4.13. The highest BCUT2D eigenvalue weighted by Crippen LogP contribution is 2.30. The molecule has 2 atom stereocenters. The molecule has 3 rings (SSSR count). The summed E-state index contributed by atoms with van der Waals surface area (Å²) in [6.07, 6.45) is 2.22. The minimum atomic E-state index is -0.211. The summed E-state index contributed by atoms with van der Waals surface area (Å²) in [5, 5.41) is 2.03. The molecule has 2 amide bonds. The van der Waals surface area contributed by atoms with Crippen LogP contribution in [0.25, 0.3) is 0 Å². The predicted octanol–water partition coefficient (Wildman–Crippen LogP) is 2.03. The molecule has 2 unspecified atom stereocenters. The lowest BCUT2D eigenvalue weighted by Gasteiger charge is -2.29. The summed E-state index contributed by atoms with van der Waals surface area (Å²) >= 11 is 1.67. The Hall–Kier alpha value is -1.36. The van der Waals surface area contributed by atoms with Crippen molar-refractivity contribution in [2.75, 3.05) is 13.1 Å². The Bertz CT molecular complexity index is 486. The molecule has 0 N–H and O–H groups in total. The van der Waals surface area contributed by atoms with Gasteiger partial charge < -0.3 is 9.80 Å². The Morgan fingerprint density at radius 2 is 2.21 bits per heavy atom. The van der Waals surface area contributed by atoms with E-state index in [1.54, 1.807) is 16.2 Å². The first-order chi connectivity index (χ1) is 9.18. The van der Waals surface area contributed by atoms with Crippen molar-refractivity contribution in [2.45, 2.75) is 38.3 Å². The van der Waals surface area contributed by atoms with E-state index in [0.29, 0.717) is 13.0 Å². The topological polar surface area (TPSA) is 40.6 Å². The second kappa shape index (κ2) is 4.96. The fourth-order valence-electron chi connectivity index (χ4n) is 3.05. The highest BCUT2D eigenvalue weighted by Gasteiger charge is 2.40. The number of thiophene rings is 1. The molecule has 19 heavy (non-hydrogen) atoms. The second-order valence-electron chi connectivity index (χ2n) is 5.22. The quantitative estimate of drug-likeness (QED) is 0.830. The van der Waals surface area contributed by atoms with E-state index >= 15 is 0 Å². The van der Waals surface area contributed by atoms with Gasteiger partial charge in [-0.25, -0.2) is 0 Å². The summed E-state index contributed by atoms with van der Waals surface area (Å²) in [5.41, 5.74) is 0. The van der Waals surface area contributed by atoms with Crippen LogP contribution in [0.15, 0.2) is 17.5 Å². The van der Waals surface area contributed by atoms with Crippen molar-refractivity contribution in [3.05, 3.63) is 22.4 Å². The van der Waals surface area contributed by atoms with Gasteiger partial charge in [0.15, 0.2) is 0 Å². The van der Waals surface area contributed by atoms with Crippen LogP contribution < -0.4 is 0 Å². The van der Waals surface area contributed by atoms with Crippen LogP contribution in [0.3, 0.4) is 0 Å². The van der Waals surface area contributed by atoms with Gasteiger partial charge in [-0.05, 0) is 31.2 Å². The zero-order valence-corrected chi connectivity index (χ0v) is 11.9. The molecule has 2 aliphatic heterocycles. The molecule has 1 aromatic rings. The molecule has 0 aliphatic carbocycles. The summed E-state index contributed by atoms with van der Waals surface area (Å²) in [4.78, 5) is 29.5. The first kappa shape index (κ1) is 12.7. The lowest BCUT2D eigenvalue weighted by molar-refractivity contribution is -0.140. The zero-order valence-electron chi connectivity index (χ0n) is 11.0. The number of carbonyl (C=O) groups is 2. The summed E-state index contributed by atoms with van der Waals surface area (Å²) in [7, 11) is 0. The molecule has 0 saturated carbocycles. The van der Waals surface area contributed by atoms with Crippen molar-refractivity contribution < 1.29 is 9.59 Å². The molecule has 0 radical (unpaired) electrons. The molecule has 2 saturated heterocycles. The third-order valence-corrected chi connectivity index (χ3v) is 5.17. The maximum absolute atomic E-state index is 12.6. The molecule has 0 spiro atoms. The van der Waals surface area contributed by atoms with E-state index in [4.69, 9.17) is 0 Å². The molecule has 5 heteroatoms. The highest BCUT2D eigenvalue weighted by molar-refractivity contribution is 7.10. The maximum Gasteiger partial charge on any atom is 0.245 e. The van der Waals surface area contributed by atoms with Crippen LogP contribution in [0.4, 0.5) is 0 Å². The van der Waals surface area contributed by atoms with Crippen LogP contribution in [0.5, 0.6) is 0 Å². The molecule has 0 aromatic carbocycles. The van der Waals surface area contributed by atoms with Crippen LogP contribution in [0.2, 0.25) is 0 Å². The molecular formula is C14H18N2O2S. The van der Waals surface area contributed by atoms with Crippen molar-refractivity contribution in [3.63, 3.8) is 0 Å². The first-order valence-electron chi connectivity index (χ1n) is 6.82. The Morgan fingerprint density at radius 1 is 1.37 bits per heavy atom. The monoisotopic (exact) mass is 278 g/mol. The number of hydrogen-bond acceptors (Lipinski definition) is 3. The fourth-order valence-corrected chi connectivity index (χ4v) is 3.85. The number of nitrogens with zero attached hydrogens (tertiary/aromatic N) is 2. The molecule has 0 bridgehead atoms. The van der Waals surface area contributed by atoms with Gasteiger partial charge >= 0.3 is 0 Å². The minimum Gasteiger partial charge on any atom is -0.333 e. The predicted molar refractivity (Wildman–Crippen MR) is 73.8 cm³/mol. The maximum atomic E-state index is 12.6. The van der Waals surface area contributed by atoms with Gasteiger partial charge in [-0.15, -0.1) is 11.3 Å². The van der Waals surface area contributed by atoms with E-state index in [-0.39, 0.29) is 23.9 Å². The normalized spacial score (nSPS) is 25.4. The Balaban J connectivity index is 1.85. The van der Waals surface area contributed by atoms with Crippen molar-refractivity contribution in [1.82, 2.24) is 9.80 Å². The van der Waals surface area contributed by atoms with Gasteiger partial charge in [0.25, 0.3) is 0 Å². The lowest BCUT2D eigenvalue weighted by Crippen LogP contribution is -2.44. The summed E-state index contributed by atoms with van der Waals surface area (Å²) in [6, 6.07) is 3.92. The minimum absolute atomic E-state index is 0.0702. The third kappa shape index (κ3) is 2.16. The molecular weight excluding hydrogens is 260 g/mol. The Kier molecular flexibility index (Phi) is 3.31. The van der Waals surface area contributed by atoms with Gasteiger partial charge in [0, 0.05) is 24.4 Å². The highest BCUT2D eigenvalue weighted by atomic mass is 32.1. The van der Waals surface area contributed by atoms with Crippen LogP contribution in [0.1, 0.15) is 37.1 Å². The number of carbonyl (C=O) groups excluding carboxylic acids is 2. The van der Waals surface area contributed by atoms with E-state index in [1.165, 1.54) is 4.88 Å². The second-order valence-corrected chi connectivity index (χ2v) is 6.20. The van der Waals surface area contributed by atoms with Crippen LogP contribution >= 0.6 is 11.3 Å². The number of hydrogen-bond donors (Lipinski definition) is 0. The van der Waals surface area contributed by atoms with E-state index in [1.807, 2.05) is 16.3 Å². The van der Waals surface area contributed by atoms with E-state index in [9.17, 15) is 9.59 Å². The van der Waals surface area contributed by atoms with Gasteiger partial charge in [0.05, 0.1) is 6.04 Å². The Morgan fingerprint density at radius 3 is 2.95 bits per heavy atom. The van der Waals surface area contributed by atoms with Gasteiger partial charge in [-0.1, -0.05) is 6.07 Å². The van der Waals surface area contributed by atoms with E-state index in [0.717, 1.165) is 19.4 Å². The smallest absolute Gasteiger partial charge is 0.245 e. The van der Waals surface area contributed by atoms with Gasteiger partial charge in [0.2, 0.25) is 11.8 Å². The number of fused-ring (bicyclic) bond motifs is 1. The standard InChI is InChI=1S/C14H18N2O2S/c1-10(12-5-3-9-19-12)15-8-6-13(17)16-7-2-4-11(16)14(15)18/h3,5,9-11H,2,4,6-8H2,1H3. The fraction of sp³-hybridized carbons (Fsp3) is 0.571. The average Bonchev–Trinajstić information content (AvgIpc) is 3.07. The first-order valence-corrected chi connectivity index (χ1v) is 7.70. The average molecular weight is 278 g/mol. The largest absolute Gasteiger partial charge is 0.333 e. The number of rotatable bonds is 2. The summed E-state index contributed by atoms with van der Waals surface area (Å²) < 4.78 is 0. The summed E-state index contributed by atoms with van der Waals surface area (Å²) in [5.74, 6) is 0.265. The van der Waals surface area contributed by atoms with Gasteiger partial charge in [0.1, 0.15) is 6.04 Å². The van der Waals surface area contributed by atoms with E-state index < -0.39 is 0 Å². The molecule has 2 aliphatic rings. The number of amides is 2. The molecule has 1 aromatic heterocycles. The van der Waals surface area contributed by atoms with Crippen molar-refractivity contribution in [1.29, 1.82) is 0 Å². The lowest BCUT2D eigenvalue weighted by atomic mass is 10.1. The van der Waals surface area contributed by atoms with Gasteiger partial charge in [-0.2, -0.15) is 0 Å². The van der Waals surface area contributed by atoms with Crippen LogP contribution in [-0.2, 0) is 9.59 Å².